The molecule has 8 heteroatoms. The molecule has 0 rings (SSSR count). The molecule has 0 aromatic rings. The molecule has 0 heterocycles. The maximum absolute atomic E-state index is 12.0. The van der Waals surface area contributed by atoms with Crippen LogP contribution in [0.4, 0.5) is 4.79 Å². The normalized spacial score (nSPS) is 13.6. The van der Waals surface area contributed by atoms with Crippen molar-refractivity contribution >= 4 is 29.7 Å². The number of nitrogens with one attached hydrogen (secondary N) is 2. The van der Waals surface area contributed by atoms with Crippen LogP contribution < -0.4 is 16.4 Å². The van der Waals surface area contributed by atoms with Gasteiger partial charge in [-0.1, -0.05) is 13.8 Å². The van der Waals surface area contributed by atoms with Gasteiger partial charge in [0.15, 0.2) is 0 Å². The third kappa shape index (κ3) is 7.88. The molecule has 0 saturated heterocycles. The molecule has 0 aromatic carbocycles. The van der Waals surface area contributed by atoms with E-state index in [9.17, 15) is 14.4 Å². The van der Waals surface area contributed by atoms with E-state index >= 15 is 0 Å². The second-order valence-electron chi connectivity index (χ2n) is 4.87. The summed E-state index contributed by atoms with van der Waals surface area (Å²) in [6, 6.07) is -2.58. The molecule has 5 N–H and O–H groups in total. The number of urea groups is 1. The van der Waals surface area contributed by atoms with Crippen LogP contribution in [0.2, 0.25) is 0 Å². The van der Waals surface area contributed by atoms with Crippen molar-refractivity contribution in [2.45, 2.75) is 38.8 Å². The van der Waals surface area contributed by atoms with Gasteiger partial charge in [-0.2, -0.15) is 11.8 Å². The fraction of sp³-hybridized carbons (Fsp3) is 0.750. The Morgan fingerprint density at radius 3 is 2.20 bits per heavy atom. The first kappa shape index (κ1) is 18.6. The summed E-state index contributed by atoms with van der Waals surface area (Å²) in [5.74, 6) is -0.828. The zero-order valence-corrected chi connectivity index (χ0v) is 12.8. The third-order valence-electron chi connectivity index (χ3n) is 2.57. The monoisotopic (exact) mass is 305 g/mol. The standard InChI is InChI=1S/C12H23N3O4S/c1-7(2)6-9(11(17)18)14-10(16)8(4-5-20-3)15-12(13)19/h7-9H,4-6H2,1-3H3,(H,14,16)(H,17,18)(H3,13,15,19). The number of hydrogen-bond acceptors (Lipinski definition) is 4. The van der Waals surface area contributed by atoms with Crippen molar-refractivity contribution in [3.63, 3.8) is 0 Å². The smallest absolute Gasteiger partial charge is 0.326 e. The molecule has 20 heavy (non-hydrogen) atoms. The maximum Gasteiger partial charge on any atom is 0.326 e. The molecule has 0 radical (unpaired) electrons. The van der Waals surface area contributed by atoms with Crippen molar-refractivity contribution in [2.75, 3.05) is 12.0 Å². The lowest BCUT2D eigenvalue weighted by Crippen LogP contribution is -2.53. The number of carbonyl (C=O) groups is 3. The number of carboxylic acids is 1. The number of carbonyl (C=O) groups excluding carboxylic acids is 2. The molecule has 7 nitrogen and oxygen atoms in total. The molecule has 0 aliphatic rings. The Bertz CT molecular complexity index is 350. The summed E-state index contributed by atoms with van der Waals surface area (Å²) in [5.41, 5.74) is 5.02. The maximum atomic E-state index is 12.0. The van der Waals surface area contributed by atoms with Gasteiger partial charge in [0, 0.05) is 0 Å². The molecule has 2 unspecified atom stereocenters. The van der Waals surface area contributed by atoms with Gasteiger partial charge in [-0.05, 0) is 30.8 Å². The summed E-state index contributed by atoms with van der Waals surface area (Å²) in [5, 5.41) is 13.9. The largest absolute Gasteiger partial charge is 0.480 e. The number of nitrogens with two attached hydrogens (primary N) is 1. The second-order valence-corrected chi connectivity index (χ2v) is 5.86. The highest BCUT2D eigenvalue weighted by atomic mass is 32.2. The van der Waals surface area contributed by atoms with Crippen LogP contribution in [0.3, 0.4) is 0 Å². The quantitative estimate of drug-likeness (QED) is 0.491. The SMILES string of the molecule is CSCCC(NC(N)=O)C(=O)NC(CC(C)C)C(=O)O. The van der Waals surface area contributed by atoms with Crippen molar-refractivity contribution in [1.29, 1.82) is 0 Å². The van der Waals surface area contributed by atoms with E-state index in [1.807, 2.05) is 20.1 Å². The fourth-order valence-corrected chi connectivity index (χ4v) is 2.11. The number of primary amides is 1. The van der Waals surface area contributed by atoms with Crippen molar-refractivity contribution in [2.24, 2.45) is 11.7 Å². The molecular formula is C12H23N3O4S. The first-order chi connectivity index (χ1) is 9.27. The van der Waals surface area contributed by atoms with E-state index in [-0.39, 0.29) is 5.92 Å². The minimum atomic E-state index is -1.09. The van der Waals surface area contributed by atoms with E-state index in [1.54, 1.807) is 0 Å². The van der Waals surface area contributed by atoms with Crippen molar-refractivity contribution in [1.82, 2.24) is 10.6 Å². The summed E-state index contributed by atoms with van der Waals surface area (Å²) < 4.78 is 0. The number of amides is 3. The number of hydrogen-bond donors (Lipinski definition) is 4. The van der Waals surface area contributed by atoms with Crippen molar-refractivity contribution in [3.8, 4) is 0 Å². The number of aliphatic carboxylic acids is 1. The molecule has 0 spiro atoms. The minimum Gasteiger partial charge on any atom is -0.480 e. The Morgan fingerprint density at radius 2 is 1.80 bits per heavy atom. The van der Waals surface area contributed by atoms with Crippen LogP contribution in [0, 0.1) is 5.92 Å². The Labute approximate surface area is 123 Å². The van der Waals surface area contributed by atoms with Gasteiger partial charge in [-0.15, -0.1) is 0 Å². The Balaban J connectivity index is 4.68. The summed E-state index contributed by atoms with van der Waals surface area (Å²) in [4.78, 5) is 34.0. The van der Waals surface area contributed by atoms with E-state index in [0.29, 0.717) is 18.6 Å². The van der Waals surface area contributed by atoms with Gasteiger partial charge in [-0.3, -0.25) is 4.79 Å². The molecule has 116 valence electrons. The minimum absolute atomic E-state index is 0.130. The summed E-state index contributed by atoms with van der Waals surface area (Å²) in [6.07, 6.45) is 2.59. The molecule has 0 saturated carbocycles. The predicted molar refractivity (Wildman–Crippen MR) is 78.5 cm³/mol. The Morgan fingerprint density at radius 1 is 1.20 bits per heavy atom. The first-order valence-corrected chi connectivity index (χ1v) is 7.75. The molecule has 0 aromatic heterocycles. The van der Waals surface area contributed by atoms with Gasteiger partial charge < -0.3 is 21.5 Å². The zero-order valence-electron chi connectivity index (χ0n) is 12.0. The highest BCUT2D eigenvalue weighted by Crippen LogP contribution is 2.07. The van der Waals surface area contributed by atoms with E-state index in [2.05, 4.69) is 10.6 Å². The van der Waals surface area contributed by atoms with Gasteiger partial charge in [0.05, 0.1) is 0 Å². The average molecular weight is 305 g/mol. The Hall–Kier alpha value is -1.44. The Kier molecular flexibility index (Phi) is 8.78. The number of rotatable bonds is 9. The summed E-state index contributed by atoms with van der Waals surface area (Å²) in [6.45, 7) is 3.74. The molecule has 2 atom stereocenters. The topological polar surface area (TPSA) is 122 Å². The van der Waals surface area contributed by atoms with E-state index in [1.165, 1.54) is 11.8 Å². The molecule has 0 bridgehead atoms. The van der Waals surface area contributed by atoms with Gasteiger partial charge in [0.1, 0.15) is 12.1 Å². The van der Waals surface area contributed by atoms with Crippen LogP contribution in [-0.2, 0) is 9.59 Å². The number of carboxylic acid groups (broad SMARTS) is 1. The lowest BCUT2D eigenvalue weighted by molar-refractivity contribution is -0.142. The third-order valence-corrected chi connectivity index (χ3v) is 3.21. The fourth-order valence-electron chi connectivity index (χ4n) is 1.64. The van der Waals surface area contributed by atoms with Crippen LogP contribution in [0.5, 0.6) is 0 Å². The number of thioether (sulfide) groups is 1. The first-order valence-electron chi connectivity index (χ1n) is 6.36. The van der Waals surface area contributed by atoms with Crippen LogP contribution in [-0.4, -0.2) is 47.1 Å². The average Bonchev–Trinajstić information content (AvgIpc) is 2.32. The van der Waals surface area contributed by atoms with Crippen LogP contribution in [0.25, 0.3) is 0 Å². The van der Waals surface area contributed by atoms with Gasteiger partial charge in [-0.25, -0.2) is 9.59 Å². The van der Waals surface area contributed by atoms with Gasteiger partial charge in [0.2, 0.25) is 5.91 Å². The van der Waals surface area contributed by atoms with Gasteiger partial charge >= 0.3 is 12.0 Å². The lowest BCUT2D eigenvalue weighted by Gasteiger charge is -2.21. The van der Waals surface area contributed by atoms with E-state index < -0.39 is 30.0 Å². The van der Waals surface area contributed by atoms with Gasteiger partial charge in [0.25, 0.3) is 0 Å². The highest BCUT2D eigenvalue weighted by molar-refractivity contribution is 7.98. The molecular weight excluding hydrogens is 282 g/mol. The lowest BCUT2D eigenvalue weighted by atomic mass is 10.0. The molecule has 3 amide bonds. The highest BCUT2D eigenvalue weighted by Gasteiger charge is 2.26. The molecule has 0 fully saturated rings. The second kappa shape index (κ2) is 9.46. The summed E-state index contributed by atoms with van der Waals surface area (Å²) in [7, 11) is 0. The van der Waals surface area contributed by atoms with E-state index in [0.717, 1.165) is 0 Å². The van der Waals surface area contributed by atoms with Crippen LogP contribution in [0.1, 0.15) is 26.7 Å². The predicted octanol–water partition coefficient (Wildman–Crippen LogP) is 0.392. The molecule has 0 aliphatic carbocycles. The molecule has 0 aliphatic heterocycles. The van der Waals surface area contributed by atoms with E-state index in [4.69, 9.17) is 10.8 Å². The zero-order chi connectivity index (χ0) is 15.7. The van der Waals surface area contributed by atoms with Crippen molar-refractivity contribution < 1.29 is 19.5 Å². The van der Waals surface area contributed by atoms with Crippen molar-refractivity contribution in [3.05, 3.63) is 0 Å². The van der Waals surface area contributed by atoms with Crippen LogP contribution in [0.15, 0.2) is 0 Å². The van der Waals surface area contributed by atoms with Crippen LogP contribution >= 0.6 is 11.8 Å². The summed E-state index contributed by atoms with van der Waals surface area (Å²) >= 11 is 1.52.